The fourth-order valence-corrected chi connectivity index (χ4v) is 5.04. The summed E-state index contributed by atoms with van der Waals surface area (Å²) in [7, 11) is -3.87. The van der Waals surface area contributed by atoms with Crippen molar-refractivity contribution in [2.24, 2.45) is 0 Å². The maximum atomic E-state index is 13.2. The van der Waals surface area contributed by atoms with Gasteiger partial charge in [-0.2, -0.15) is 11.3 Å². The van der Waals surface area contributed by atoms with E-state index in [2.05, 4.69) is 4.98 Å². The number of pyridine rings is 1. The van der Waals surface area contributed by atoms with Crippen molar-refractivity contribution >= 4 is 32.3 Å². The zero-order chi connectivity index (χ0) is 17.4. The molecule has 4 rings (SSSR count). The van der Waals surface area contributed by atoms with Gasteiger partial charge in [-0.3, -0.25) is 4.98 Å². The molecule has 25 heavy (non-hydrogen) atoms. The van der Waals surface area contributed by atoms with Gasteiger partial charge in [0.2, 0.25) is 0 Å². The molecule has 1 atom stereocenters. The molecule has 0 radical (unpaired) electrons. The number of aliphatic hydroxyl groups is 1. The number of hydrogen-bond acceptors (Lipinski definition) is 5. The highest BCUT2D eigenvalue weighted by molar-refractivity contribution is 7.90. The molecule has 0 unspecified atom stereocenters. The van der Waals surface area contributed by atoms with Gasteiger partial charge < -0.3 is 5.11 Å². The molecule has 0 saturated heterocycles. The number of aromatic nitrogens is 2. The fourth-order valence-electron chi connectivity index (χ4n) is 2.80. The molecule has 3 aromatic heterocycles. The summed E-state index contributed by atoms with van der Waals surface area (Å²) >= 11 is 1.45. The van der Waals surface area contributed by atoms with Crippen LogP contribution in [0.5, 0.6) is 0 Å². The Morgan fingerprint density at radius 2 is 1.92 bits per heavy atom. The Kier molecular flexibility index (Phi) is 3.91. The number of thiophene rings is 1. The first-order valence-corrected chi connectivity index (χ1v) is 9.93. The van der Waals surface area contributed by atoms with Crippen LogP contribution in [0.15, 0.2) is 76.6 Å². The second-order valence-electron chi connectivity index (χ2n) is 5.55. The Bertz CT molecular complexity index is 1120. The van der Waals surface area contributed by atoms with Gasteiger partial charge in [0.1, 0.15) is 6.10 Å². The van der Waals surface area contributed by atoms with Crippen LogP contribution in [-0.2, 0) is 10.0 Å². The lowest BCUT2D eigenvalue weighted by Crippen LogP contribution is -2.18. The standard InChI is InChI=1S/C18H14N2O3S2/c21-18(14-7-9-24-12-14)16-10-13-6-8-19-11-17(13)20(16)25(22,23)15-4-2-1-3-5-15/h1-12,18,21H/t18-/m0/s1. The molecule has 1 N–H and O–H groups in total. The van der Waals surface area contributed by atoms with Gasteiger partial charge in [-0.15, -0.1) is 0 Å². The van der Waals surface area contributed by atoms with E-state index in [9.17, 15) is 13.5 Å². The summed E-state index contributed by atoms with van der Waals surface area (Å²) in [5, 5.41) is 15.1. The Morgan fingerprint density at radius 3 is 2.64 bits per heavy atom. The van der Waals surface area contributed by atoms with E-state index in [1.165, 1.54) is 33.6 Å². The molecule has 0 aliphatic rings. The molecule has 0 saturated carbocycles. The quantitative estimate of drug-likeness (QED) is 0.597. The lowest BCUT2D eigenvalue weighted by Gasteiger charge is -2.15. The molecule has 0 amide bonds. The number of hydrogen-bond donors (Lipinski definition) is 1. The Hall–Kier alpha value is -2.48. The minimum absolute atomic E-state index is 0.162. The van der Waals surface area contributed by atoms with Crippen molar-refractivity contribution in [2.75, 3.05) is 0 Å². The third-order valence-corrected chi connectivity index (χ3v) is 6.47. The summed E-state index contributed by atoms with van der Waals surface area (Å²) in [4.78, 5) is 4.21. The van der Waals surface area contributed by atoms with Crippen molar-refractivity contribution in [1.82, 2.24) is 8.96 Å². The van der Waals surface area contributed by atoms with Crippen molar-refractivity contribution in [3.05, 3.63) is 82.9 Å². The van der Waals surface area contributed by atoms with Gasteiger partial charge in [0.15, 0.2) is 0 Å². The Balaban J connectivity index is 2.01. The third-order valence-electron chi connectivity index (χ3n) is 4.01. The van der Waals surface area contributed by atoms with Crippen LogP contribution in [0.2, 0.25) is 0 Å². The summed E-state index contributed by atoms with van der Waals surface area (Å²) in [5.74, 6) is 0. The van der Waals surface area contributed by atoms with E-state index in [0.29, 0.717) is 22.2 Å². The molecule has 0 aliphatic heterocycles. The van der Waals surface area contributed by atoms with Gasteiger partial charge in [-0.05, 0) is 46.7 Å². The first-order chi connectivity index (χ1) is 12.1. The van der Waals surface area contributed by atoms with Crippen molar-refractivity contribution in [3.63, 3.8) is 0 Å². The monoisotopic (exact) mass is 370 g/mol. The lowest BCUT2D eigenvalue weighted by molar-refractivity contribution is 0.215. The molecule has 1 aromatic carbocycles. The normalized spacial score (nSPS) is 13.2. The van der Waals surface area contributed by atoms with Gasteiger partial charge in [-0.25, -0.2) is 12.4 Å². The Labute approximate surface area is 148 Å². The largest absolute Gasteiger partial charge is 0.382 e. The molecule has 0 fully saturated rings. The molecule has 3 heterocycles. The minimum atomic E-state index is -3.87. The number of rotatable bonds is 4. The molecule has 0 bridgehead atoms. The second kappa shape index (κ2) is 6.11. The third kappa shape index (κ3) is 2.66. The minimum Gasteiger partial charge on any atom is -0.382 e. The van der Waals surface area contributed by atoms with Crippen molar-refractivity contribution in [1.29, 1.82) is 0 Å². The molecular weight excluding hydrogens is 356 g/mol. The SMILES string of the molecule is O=S(=O)(c1ccccc1)n1c([C@@H](O)c2ccsc2)cc2ccncc21. The molecule has 5 nitrogen and oxygen atoms in total. The fraction of sp³-hybridized carbons (Fsp3) is 0.0556. The number of aliphatic hydroxyl groups excluding tert-OH is 1. The smallest absolute Gasteiger partial charge is 0.268 e. The van der Waals surface area contributed by atoms with Crippen LogP contribution >= 0.6 is 11.3 Å². The van der Waals surface area contributed by atoms with E-state index in [0.717, 1.165) is 0 Å². The van der Waals surface area contributed by atoms with Crippen molar-refractivity contribution in [2.45, 2.75) is 11.0 Å². The van der Waals surface area contributed by atoms with Crippen LogP contribution < -0.4 is 0 Å². The molecule has 126 valence electrons. The summed E-state index contributed by atoms with van der Waals surface area (Å²) in [6.45, 7) is 0. The molecule has 4 aromatic rings. The van der Waals surface area contributed by atoms with Crippen molar-refractivity contribution in [3.8, 4) is 0 Å². The van der Waals surface area contributed by atoms with Gasteiger partial charge in [0, 0.05) is 11.6 Å². The van der Waals surface area contributed by atoms with Gasteiger partial charge >= 0.3 is 0 Å². The highest BCUT2D eigenvalue weighted by Crippen LogP contribution is 2.32. The zero-order valence-corrected chi connectivity index (χ0v) is 14.6. The predicted molar refractivity (Wildman–Crippen MR) is 97.1 cm³/mol. The average Bonchev–Trinajstić information content (AvgIpc) is 3.29. The molecule has 7 heteroatoms. The van der Waals surface area contributed by atoms with E-state index < -0.39 is 16.1 Å². The number of fused-ring (bicyclic) bond motifs is 1. The summed E-state index contributed by atoms with van der Waals surface area (Å²) in [5.41, 5.74) is 1.39. The van der Waals surface area contributed by atoms with Crippen LogP contribution in [0, 0.1) is 0 Å². The van der Waals surface area contributed by atoms with Crippen LogP contribution in [-0.4, -0.2) is 22.5 Å². The topological polar surface area (TPSA) is 72.2 Å². The summed E-state index contributed by atoms with van der Waals surface area (Å²) < 4.78 is 27.6. The zero-order valence-electron chi connectivity index (χ0n) is 13.0. The Morgan fingerprint density at radius 1 is 1.12 bits per heavy atom. The van der Waals surface area contributed by atoms with E-state index in [1.54, 1.807) is 48.0 Å². The molecular formula is C18H14N2O3S2. The van der Waals surface area contributed by atoms with E-state index in [-0.39, 0.29) is 4.90 Å². The van der Waals surface area contributed by atoms with Crippen LogP contribution in [0.3, 0.4) is 0 Å². The number of nitrogens with zero attached hydrogens (tertiary/aromatic N) is 2. The summed E-state index contributed by atoms with van der Waals surface area (Å²) in [6, 6.07) is 13.4. The molecule has 0 spiro atoms. The van der Waals surface area contributed by atoms with Crippen LogP contribution in [0.25, 0.3) is 10.9 Å². The number of benzene rings is 1. The van der Waals surface area contributed by atoms with E-state index in [4.69, 9.17) is 0 Å². The van der Waals surface area contributed by atoms with Crippen LogP contribution in [0.1, 0.15) is 17.4 Å². The lowest BCUT2D eigenvalue weighted by atomic mass is 10.1. The van der Waals surface area contributed by atoms with E-state index >= 15 is 0 Å². The molecule has 0 aliphatic carbocycles. The van der Waals surface area contributed by atoms with Crippen molar-refractivity contribution < 1.29 is 13.5 Å². The van der Waals surface area contributed by atoms with Gasteiger partial charge in [-0.1, -0.05) is 18.2 Å². The maximum Gasteiger partial charge on any atom is 0.268 e. The van der Waals surface area contributed by atoms with Gasteiger partial charge in [0.05, 0.1) is 22.3 Å². The maximum absolute atomic E-state index is 13.2. The predicted octanol–water partition coefficient (Wildman–Crippen LogP) is 3.42. The first kappa shape index (κ1) is 16.0. The van der Waals surface area contributed by atoms with Crippen LogP contribution in [0.4, 0.5) is 0 Å². The second-order valence-corrected chi connectivity index (χ2v) is 8.11. The highest BCUT2D eigenvalue weighted by atomic mass is 32.2. The first-order valence-electron chi connectivity index (χ1n) is 7.55. The highest BCUT2D eigenvalue weighted by Gasteiger charge is 2.27. The van der Waals surface area contributed by atoms with E-state index in [1.807, 2.05) is 5.38 Å². The van der Waals surface area contributed by atoms with Gasteiger partial charge in [0.25, 0.3) is 10.0 Å². The average molecular weight is 370 g/mol. The summed E-state index contributed by atoms with van der Waals surface area (Å²) in [6.07, 6.45) is 2.06.